The summed E-state index contributed by atoms with van der Waals surface area (Å²) in [6, 6.07) is 1.92. The highest BCUT2D eigenvalue weighted by molar-refractivity contribution is 5.50. The molecule has 2 rings (SSSR count). The molecule has 4 heteroatoms. The molecule has 0 atom stereocenters. The molecule has 0 aliphatic rings. The van der Waals surface area contributed by atoms with Crippen LogP contribution >= 0.6 is 0 Å². The summed E-state index contributed by atoms with van der Waals surface area (Å²) in [5.41, 5.74) is 4.15. The van der Waals surface area contributed by atoms with Crippen molar-refractivity contribution in [1.82, 2.24) is 19.7 Å². The van der Waals surface area contributed by atoms with Crippen LogP contribution in [-0.2, 0) is 7.05 Å². The average molecular weight is 202 g/mol. The zero-order chi connectivity index (χ0) is 11.0. The molecule has 0 radical (unpaired) electrons. The Bertz CT molecular complexity index is 476. The molecule has 0 unspecified atom stereocenters. The van der Waals surface area contributed by atoms with Gasteiger partial charge in [0.1, 0.15) is 5.69 Å². The van der Waals surface area contributed by atoms with Crippen LogP contribution in [0.25, 0.3) is 11.5 Å². The highest BCUT2D eigenvalue weighted by atomic mass is 15.3. The van der Waals surface area contributed by atoms with Gasteiger partial charge in [0.25, 0.3) is 0 Å². The van der Waals surface area contributed by atoms with Gasteiger partial charge in [0.05, 0.1) is 0 Å². The number of rotatable bonds is 1. The van der Waals surface area contributed by atoms with Gasteiger partial charge in [-0.15, -0.1) is 0 Å². The molecule has 4 nitrogen and oxygen atoms in total. The third-order valence-electron chi connectivity index (χ3n) is 2.68. The van der Waals surface area contributed by atoms with Gasteiger partial charge in [0.15, 0.2) is 5.82 Å². The fraction of sp³-hybridized carbons (Fsp3) is 0.364. The van der Waals surface area contributed by atoms with E-state index in [1.165, 1.54) is 0 Å². The molecule has 0 aliphatic heterocycles. The molecule has 0 fully saturated rings. The van der Waals surface area contributed by atoms with E-state index in [0.29, 0.717) is 0 Å². The normalized spacial score (nSPS) is 10.7. The molecule has 78 valence electrons. The Hall–Kier alpha value is -1.71. The lowest BCUT2D eigenvalue weighted by atomic mass is 10.2. The van der Waals surface area contributed by atoms with Gasteiger partial charge >= 0.3 is 0 Å². The molecular formula is C11H14N4. The Morgan fingerprint density at radius 2 is 1.67 bits per heavy atom. The van der Waals surface area contributed by atoms with Crippen LogP contribution in [-0.4, -0.2) is 19.7 Å². The molecule has 15 heavy (non-hydrogen) atoms. The topological polar surface area (TPSA) is 43.6 Å². The smallest absolute Gasteiger partial charge is 0.178 e. The zero-order valence-electron chi connectivity index (χ0n) is 9.44. The summed E-state index contributed by atoms with van der Waals surface area (Å²) in [7, 11) is 1.89. The highest BCUT2D eigenvalue weighted by Gasteiger charge is 2.09. The van der Waals surface area contributed by atoms with Gasteiger partial charge in [-0.1, -0.05) is 0 Å². The molecule has 0 bridgehead atoms. The minimum atomic E-state index is 0.746. The maximum absolute atomic E-state index is 4.46. The summed E-state index contributed by atoms with van der Waals surface area (Å²) in [6.07, 6.45) is 1.75. The lowest BCUT2D eigenvalue weighted by Crippen LogP contribution is -2.02. The van der Waals surface area contributed by atoms with E-state index in [4.69, 9.17) is 0 Å². The lowest BCUT2D eigenvalue weighted by Gasteiger charge is -2.06. The summed E-state index contributed by atoms with van der Waals surface area (Å²) >= 11 is 0. The van der Waals surface area contributed by atoms with Crippen LogP contribution in [0.2, 0.25) is 0 Å². The monoisotopic (exact) mass is 202 g/mol. The van der Waals surface area contributed by atoms with Crippen molar-refractivity contribution in [1.29, 1.82) is 0 Å². The predicted octanol–water partition coefficient (Wildman–Crippen LogP) is 1.80. The minimum Gasteiger partial charge on any atom is -0.265 e. The largest absolute Gasteiger partial charge is 0.265 e. The van der Waals surface area contributed by atoms with Gasteiger partial charge in [-0.05, 0) is 32.4 Å². The van der Waals surface area contributed by atoms with Gasteiger partial charge in [0.2, 0.25) is 0 Å². The number of nitrogens with zero attached hydrogens (tertiary/aromatic N) is 4. The van der Waals surface area contributed by atoms with E-state index in [0.717, 1.165) is 28.5 Å². The van der Waals surface area contributed by atoms with Crippen molar-refractivity contribution >= 4 is 0 Å². The minimum absolute atomic E-state index is 0.746. The van der Waals surface area contributed by atoms with Crippen molar-refractivity contribution in [3.05, 3.63) is 29.2 Å². The third-order valence-corrected chi connectivity index (χ3v) is 2.68. The molecule has 0 amide bonds. The fourth-order valence-corrected chi connectivity index (χ4v) is 1.48. The zero-order valence-corrected chi connectivity index (χ0v) is 9.44. The average Bonchev–Trinajstić information content (AvgIpc) is 2.60. The summed E-state index contributed by atoms with van der Waals surface area (Å²) in [6.45, 7) is 6.05. The van der Waals surface area contributed by atoms with Crippen LogP contribution in [0.1, 0.15) is 17.0 Å². The van der Waals surface area contributed by atoms with E-state index in [-0.39, 0.29) is 0 Å². The van der Waals surface area contributed by atoms with Gasteiger partial charge in [-0.3, -0.25) is 4.68 Å². The summed E-state index contributed by atoms with van der Waals surface area (Å²) in [5.74, 6) is 0.746. The Morgan fingerprint density at radius 1 is 1.07 bits per heavy atom. The quantitative estimate of drug-likeness (QED) is 0.708. The summed E-state index contributed by atoms with van der Waals surface area (Å²) < 4.78 is 1.78. The molecular weight excluding hydrogens is 188 g/mol. The van der Waals surface area contributed by atoms with Crippen LogP contribution in [0.5, 0.6) is 0 Å². The van der Waals surface area contributed by atoms with E-state index in [9.17, 15) is 0 Å². The van der Waals surface area contributed by atoms with Crippen molar-refractivity contribution in [2.45, 2.75) is 20.8 Å². The van der Waals surface area contributed by atoms with Crippen LogP contribution in [0.3, 0.4) is 0 Å². The van der Waals surface area contributed by atoms with E-state index in [1.54, 1.807) is 10.9 Å². The number of aromatic nitrogens is 4. The first-order chi connectivity index (χ1) is 7.09. The van der Waals surface area contributed by atoms with Crippen LogP contribution in [0.4, 0.5) is 0 Å². The van der Waals surface area contributed by atoms with Crippen LogP contribution < -0.4 is 0 Å². The number of aryl methyl sites for hydroxylation is 3. The van der Waals surface area contributed by atoms with E-state index >= 15 is 0 Å². The highest BCUT2D eigenvalue weighted by Crippen LogP contribution is 2.16. The second-order valence-corrected chi connectivity index (χ2v) is 3.68. The van der Waals surface area contributed by atoms with Crippen molar-refractivity contribution in [3.63, 3.8) is 0 Å². The molecule has 0 aliphatic carbocycles. The molecule has 0 N–H and O–H groups in total. The van der Waals surface area contributed by atoms with Crippen molar-refractivity contribution in [2.75, 3.05) is 0 Å². The van der Waals surface area contributed by atoms with E-state index in [1.807, 2.05) is 33.9 Å². The van der Waals surface area contributed by atoms with Gasteiger partial charge < -0.3 is 0 Å². The summed E-state index contributed by atoms with van der Waals surface area (Å²) in [5, 5.41) is 4.11. The fourth-order valence-electron chi connectivity index (χ4n) is 1.48. The van der Waals surface area contributed by atoms with Crippen LogP contribution in [0.15, 0.2) is 12.3 Å². The maximum atomic E-state index is 4.46. The molecule has 2 aromatic rings. The first kappa shape index (κ1) is 9.83. The number of hydrogen-bond acceptors (Lipinski definition) is 3. The number of hydrogen-bond donors (Lipinski definition) is 0. The van der Waals surface area contributed by atoms with E-state index in [2.05, 4.69) is 15.1 Å². The Balaban J connectivity index is 2.60. The van der Waals surface area contributed by atoms with Crippen LogP contribution in [0, 0.1) is 20.8 Å². The third kappa shape index (κ3) is 1.63. The van der Waals surface area contributed by atoms with Gasteiger partial charge in [-0.25, -0.2) is 9.97 Å². The van der Waals surface area contributed by atoms with Crippen molar-refractivity contribution in [2.24, 2.45) is 7.05 Å². The predicted molar refractivity (Wildman–Crippen MR) is 58.4 cm³/mol. The molecule has 0 saturated carbocycles. The molecule has 0 aromatic carbocycles. The SMILES string of the molecule is Cc1nc(-c2ccnn2C)nc(C)c1C. The molecule has 0 saturated heterocycles. The first-order valence-electron chi connectivity index (χ1n) is 4.90. The standard InChI is InChI=1S/C11H14N4/c1-7-8(2)13-11(14-9(7)3)10-5-6-12-15(10)4/h5-6H,1-4H3. The lowest BCUT2D eigenvalue weighted by molar-refractivity contribution is 0.768. The second-order valence-electron chi connectivity index (χ2n) is 3.68. The van der Waals surface area contributed by atoms with Crippen molar-refractivity contribution < 1.29 is 0 Å². The van der Waals surface area contributed by atoms with Gasteiger partial charge in [-0.2, -0.15) is 5.10 Å². The van der Waals surface area contributed by atoms with E-state index < -0.39 is 0 Å². The second kappa shape index (κ2) is 3.46. The Morgan fingerprint density at radius 3 is 2.13 bits per heavy atom. The first-order valence-corrected chi connectivity index (χ1v) is 4.90. The van der Waals surface area contributed by atoms with Gasteiger partial charge in [0, 0.05) is 24.6 Å². The van der Waals surface area contributed by atoms with Crippen molar-refractivity contribution in [3.8, 4) is 11.5 Å². The molecule has 2 aromatic heterocycles. The molecule has 0 spiro atoms. The maximum Gasteiger partial charge on any atom is 0.178 e. The Kier molecular flexibility index (Phi) is 2.26. The Labute approximate surface area is 89.0 Å². The summed E-state index contributed by atoms with van der Waals surface area (Å²) in [4.78, 5) is 8.93. The molecule has 2 heterocycles.